The molecule has 0 bridgehead atoms. The molecule has 2 aromatic carbocycles. The van der Waals surface area contributed by atoms with Crippen LogP contribution in [0.3, 0.4) is 0 Å². The van der Waals surface area contributed by atoms with Crippen molar-refractivity contribution in [3.8, 4) is 0 Å². The normalized spacial score (nSPS) is 20.5. The maximum atomic E-state index is 13.8. The van der Waals surface area contributed by atoms with Gasteiger partial charge >= 0.3 is 0 Å². The van der Waals surface area contributed by atoms with Crippen molar-refractivity contribution in [2.24, 2.45) is 0 Å². The van der Waals surface area contributed by atoms with Crippen LogP contribution in [0, 0.1) is 5.82 Å². The highest BCUT2D eigenvalue weighted by Gasteiger charge is 2.28. The molecule has 1 saturated heterocycles. The average molecular weight is 433 g/mol. The van der Waals surface area contributed by atoms with Crippen molar-refractivity contribution in [2.45, 2.75) is 32.0 Å². The van der Waals surface area contributed by atoms with Gasteiger partial charge in [-0.05, 0) is 55.3 Å². The second kappa shape index (κ2) is 8.79. The Labute approximate surface area is 180 Å². The van der Waals surface area contributed by atoms with Crippen LogP contribution in [0.5, 0.6) is 0 Å². The minimum absolute atomic E-state index is 0.0492. The number of fused-ring (bicyclic) bond motifs is 1. The Kier molecular flexibility index (Phi) is 6.13. The van der Waals surface area contributed by atoms with Crippen molar-refractivity contribution in [1.29, 1.82) is 0 Å². The second-order valence-corrected chi connectivity index (χ2v) is 8.32. The maximum absolute atomic E-state index is 13.8. The highest BCUT2D eigenvalue weighted by molar-refractivity contribution is 6.30. The summed E-state index contributed by atoms with van der Waals surface area (Å²) in [5, 5.41) is 17.0. The van der Waals surface area contributed by atoms with Gasteiger partial charge in [-0.15, -0.1) is 0 Å². The highest BCUT2D eigenvalue weighted by atomic mass is 35.5. The molecule has 2 aliphatic heterocycles. The summed E-state index contributed by atoms with van der Waals surface area (Å²) in [7, 11) is 0. The molecule has 2 aliphatic rings. The molecule has 30 heavy (non-hydrogen) atoms. The molecule has 0 radical (unpaired) electrons. The van der Waals surface area contributed by atoms with Gasteiger partial charge in [-0.2, -0.15) is 0 Å². The van der Waals surface area contributed by atoms with Crippen LogP contribution >= 0.6 is 11.6 Å². The molecular formula is C22H26ClFN4O2. The lowest BCUT2D eigenvalue weighted by Gasteiger charge is -2.43. The predicted octanol–water partition coefficient (Wildman–Crippen LogP) is 3.30. The monoisotopic (exact) mass is 432 g/mol. The quantitative estimate of drug-likeness (QED) is 0.676. The number of aliphatic hydroxyl groups excluding tert-OH is 1. The first-order valence-corrected chi connectivity index (χ1v) is 10.6. The van der Waals surface area contributed by atoms with Crippen LogP contribution < -0.4 is 15.5 Å². The summed E-state index contributed by atoms with van der Waals surface area (Å²) < 4.78 is 13.8. The van der Waals surface area contributed by atoms with E-state index in [1.807, 2.05) is 24.3 Å². The van der Waals surface area contributed by atoms with Crippen LogP contribution in [0.2, 0.25) is 5.02 Å². The third kappa shape index (κ3) is 4.53. The van der Waals surface area contributed by atoms with E-state index in [2.05, 4.69) is 27.4 Å². The van der Waals surface area contributed by atoms with Crippen molar-refractivity contribution in [3.05, 3.63) is 52.8 Å². The third-order valence-corrected chi connectivity index (χ3v) is 6.13. The lowest BCUT2D eigenvalue weighted by molar-refractivity contribution is -0.116. The number of benzene rings is 2. The lowest BCUT2D eigenvalue weighted by atomic mass is 10.0. The summed E-state index contributed by atoms with van der Waals surface area (Å²) in [6.45, 7) is 4.51. The topological polar surface area (TPSA) is 67.8 Å². The molecule has 2 atom stereocenters. The van der Waals surface area contributed by atoms with Gasteiger partial charge in [-0.25, -0.2) is 4.39 Å². The molecule has 0 aliphatic carbocycles. The van der Waals surface area contributed by atoms with Gasteiger partial charge in [0.25, 0.3) is 0 Å². The van der Waals surface area contributed by atoms with E-state index in [0.29, 0.717) is 32.6 Å². The first kappa shape index (κ1) is 20.9. The number of piperazine rings is 1. The number of anilines is 3. The number of nitrogens with one attached hydrogen (secondary N) is 2. The fourth-order valence-corrected chi connectivity index (χ4v) is 4.27. The van der Waals surface area contributed by atoms with Gasteiger partial charge in [0.05, 0.1) is 11.6 Å². The zero-order chi connectivity index (χ0) is 21.3. The molecule has 1 amide bonds. The maximum Gasteiger partial charge on any atom is 0.224 e. The van der Waals surface area contributed by atoms with Crippen LogP contribution in [-0.2, 0) is 11.2 Å². The fourth-order valence-electron chi connectivity index (χ4n) is 4.15. The first-order valence-electron chi connectivity index (χ1n) is 10.2. The van der Waals surface area contributed by atoms with Gasteiger partial charge in [0.1, 0.15) is 12.0 Å². The zero-order valence-electron chi connectivity index (χ0n) is 16.9. The number of carbonyl (C=O) groups is 1. The van der Waals surface area contributed by atoms with Gasteiger partial charge in [-0.1, -0.05) is 11.6 Å². The van der Waals surface area contributed by atoms with Crippen LogP contribution in [0.15, 0.2) is 36.4 Å². The van der Waals surface area contributed by atoms with Crippen LogP contribution in [0.1, 0.15) is 18.9 Å². The molecule has 1 unspecified atom stereocenters. The highest BCUT2D eigenvalue weighted by Crippen LogP contribution is 2.27. The van der Waals surface area contributed by atoms with Crippen LogP contribution in [-0.4, -0.2) is 54.4 Å². The third-order valence-electron chi connectivity index (χ3n) is 5.82. The minimum Gasteiger partial charge on any atom is -0.381 e. The Hall–Kier alpha value is -2.35. The number of aliphatic hydroxyl groups is 1. The van der Waals surface area contributed by atoms with Crippen molar-refractivity contribution in [1.82, 2.24) is 4.90 Å². The Morgan fingerprint density at radius 2 is 2.10 bits per heavy atom. The number of aryl methyl sites for hydroxylation is 1. The minimum atomic E-state index is -0.639. The Morgan fingerprint density at radius 1 is 1.27 bits per heavy atom. The Balaban J connectivity index is 1.33. The largest absolute Gasteiger partial charge is 0.381 e. The van der Waals surface area contributed by atoms with Gasteiger partial charge < -0.3 is 20.6 Å². The van der Waals surface area contributed by atoms with E-state index in [-0.39, 0.29) is 17.0 Å². The van der Waals surface area contributed by atoms with E-state index in [1.165, 1.54) is 6.07 Å². The summed E-state index contributed by atoms with van der Waals surface area (Å²) in [6.07, 6.45) is 0.585. The van der Waals surface area contributed by atoms with E-state index in [4.69, 9.17) is 11.6 Å². The summed E-state index contributed by atoms with van der Waals surface area (Å²) in [5.74, 6) is -0.369. The summed E-state index contributed by atoms with van der Waals surface area (Å²) in [4.78, 5) is 15.6. The molecular weight excluding hydrogens is 407 g/mol. The zero-order valence-corrected chi connectivity index (χ0v) is 17.6. The number of halogens is 2. The number of hydrogen-bond acceptors (Lipinski definition) is 5. The second-order valence-electron chi connectivity index (χ2n) is 7.91. The molecule has 6 nitrogen and oxygen atoms in total. The first-order chi connectivity index (χ1) is 14.4. The van der Waals surface area contributed by atoms with Gasteiger partial charge in [0, 0.05) is 49.2 Å². The van der Waals surface area contributed by atoms with E-state index < -0.39 is 12.0 Å². The molecule has 0 saturated carbocycles. The van der Waals surface area contributed by atoms with Gasteiger partial charge in [0.15, 0.2) is 0 Å². The molecule has 2 aromatic rings. The van der Waals surface area contributed by atoms with E-state index in [0.717, 1.165) is 29.0 Å². The van der Waals surface area contributed by atoms with Crippen LogP contribution in [0.25, 0.3) is 0 Å². The standard InChI is InChI=1S/C22H26ClFN4O2/c1-14-13-27(17-4-5-18(23)19(24)11-17)8-9-28(14)22(30)12-25-16-3-6-20-15(10-16)2-7-21(29)26-20/h3-6,10-11,14,22,25,30H,2,7-9,12-13H2,1H3,(H,26,29)/t14-,22?/m1/s1. The van der Waals surface area contributed by atoms with Crippen molar-refractivity contribution >= 4 is 34.6 Å². The number of nitrogens with zero attached hydrogens (tertiary/aromatic N) is 2. The molecule has 4 rings (SSSR count). The summed E-state index contributed by atoms with van der Waals surface area (Å²) in [6, 6.07) is 10.8. The Bertz CT molecular complexity index is 941. The molecule has 160 valence electrons. The van der Waals surface area contributed by atoms with E-state index >= 15 is 0 Å². The number of rotatable bonds is 5. The van der Waals surface area contributed by atoms with Crippen LogP contribution in [0.4, 0.5) is 21.5 Å². The van der Waals surface area contributed by atoms with Crippen molar-refractivity contribution in [2.75, 3.05) is 41.7 Å². The fraction of sp³-hybridized carbons (Fsp3) is 0.409. The number of carbonyl (C=O) groups excluding carboxylic acids is 1. The number of hydrogen-bond donors (Lipinski definition) is 3. The van der Waals surface area contributed by atoms with Crippen molar-refractivity contribution in [3.63, 3.8) is 0 Å². The molecule has 1 fully saturated rings. The predicted molar refractivity (Wildman–Crippen MR) is 118 cm³/mol. The Morgan fingerprint density at radius 3 is 2.87 bits per heavy atom. The molecule has 8 heteroatoms. The molecule has 0 spiro atoms. The van der Waals surface area contributed by atoms with Gasteiger partial charge in [-0.3, -0.25) is 9.69 Å². The van der Waals surface area contributed by atoms with Gasteiger partial charge in [0.2, 0.25) is 5.91 Å². The summed E-state index contributed by atoms with van der Waals surface area (Å²) in [5.41, 5.74) is 3.69. The van der Waals surface area contributed by atoms with Crippen molar-refractivity contribution < 1.29 is 14.3 Å². The molecule has 0 aromatic heterocycles. The summed E-state index contributed by atoms with van der Waals surface area (Å²) >= 11 is 5.78. The lowest BCUT2D eigenvalue weighted by Crippen LogP contribution is -2.57. The van der Waals surface area contributed by atoms with E-state index in [1.54, 1.807) is 6.07 Å². The molecule has 3 N–H and O–H groups in total. The van der Waals surface area contributed by atoms with E-state index in [9.17, 15) is 14.3 Å². The average Bonchev–Trinajstić information content (AvgIpc) is 2.73. The molecule has 2 heterocycles. The number of amides is 1. The smallest absolute Gasteiger partial charge is 0.224 e. The SMILES string of the molecule is C[C@@H]1CN(c2ccc(Cl)c(F)c2)CCN1C(O)CNc1ccc2c(c1)CCC(=O)N2.